The van der Waals surface area contributed by atoms with Crippen LogP contribution in [0.3, 0.4) is 0 Å². The Balaban J connectivity index is 1.84. The Kier molecular flexibility index (Phi) is 5.57. The Morgan fingerprint density at radius 2 is 2.05 bits per heavy atom. The molecular weight excluding hydrogens is 284 g/mol. The quantitative estimate of drug-likeness (QED) is 0.657. The number of ether oxygens (including phenoxy) is 1. The molecule has 2 rings (SSSR count). The molecular formula is C15H20N4OS. The minimum Gasteiger partial charge on any atom is -0.481 e. The van der Waals surface area contributed by atoms with Crippen LogP contribution in [0.2, 0.25) is 0 Å². The summed E-state index contributed by atoms with van der Waals surface area (Å²) < 4.78 is 5.11. The molecule has 0 saturated carbocycles. The van der Waals surface area contributed by atoms with E-state index in [2.05, 4.69) is 39.7 Å². The van der Waals surface area contributed by atoms with Gasteiger partial charge in [-0.2, -0.15) is 0 Å². The van der Waals surface area contributed by atoms with Crippen molar-refractivity contribution in [2.45, 2.75) is 20.0 Å². The lowest BCUT2D eigenvalue weighted by molar-refractivity contribution is 0.396. The molecule has 6 heteroatoms. The second kappa shape index (κ2) is 7.64. The van der Waals surface area contributed by atoms with Gasteiger partial charge in [0.2, 0.25) is 5.88 Å². The normalized spacial score (nSPS) is 11.3. The number of hydrogen-bond donors (Lipinski definition) is 2. The highest BCUT2D eigenvalue weighted by atomic mass is 32.1. The fraction of sp³-hybridized carbons (Fsp3) is 0.333. The predicted octanol–water partition coefficient (Wildman–Crippen LogP) is 2.33. The van der Waals surface area contributed by atoms with Crippen LogP contribution in [0, 0.1) is 6.92 Å². The van der Waals surface area contributed by atoms with Crippen LogP contribution in [0.4, 0.5) is 0 Å². The third-order valence-corrected chi connectivity index (χ3v) is 3.88. The number of pyridine rings is 1. The van der Waals surface area contributed by atoms with Gasteiger partial charge in [0.25, 0.3) is 0 Å². The molecule has 112 valence electrons. The summed E-state index contributed by atoms with van der Waals surface area (Å²) in [5, 5.41) is 6.53. The first-order valence-electron chi connectivity index (χ1n) is 6.71. The first kappa shape index (κ1) is 15.3. The number of methoxy groups -OCH3 is 1. The molecule has 0 bridgehead atoms. The van der Waals surface area contributed by atoms with Crippen molar-refractivity contribution in [2.75, 3.05) is 14.2 Å². The Bertz CT molecular complexity index is 609. The zero-order valence-electron chi connectivity index (χ0n) is 12.5. The number of thiophene rings is 1. The summed E-state index contributed by atoms with van der Waals surface area (Å²) in [5.74, 6) is 1.37. The highest BCUT2D eigenvalue weighted by molar-refractivity contribution is 7.11. The molecule has 0 aromatic carbocycles. The van der Waals surface area contributed by atoms with E-state index < -0.39 is 0 Å². The van der Waals surface area contributed by atoms with Crippen LogP contribution < -0.4 is 15.4 Å². The number of nitrogens with one attached hydrogen (secondary N) is 2. The minimum atomic E-state index is 0.598. The smallest absolute Gasteiger partial charge is 0.213 e. The van der Waals surface area contributed by atoms with Crippen molar-refractivity contribution in [3.63, 3.8) is 0 Å². The topological polar surface area (TPSA) is 58.5 Å². The third kappa shape index (κ3) is 4.75. The standard InChI is InChI=1S/C15H20N4OS/c1-11-7-8-13(21-11)10-18-15(16-2)17-9-12-5-4-6-14(19-12)20-3/h4-8H,9-10H2,1-3H3,(H2,16,17,18). The van der Waals surface area contributed by atoms with Crippen molar-refractivity contribution in [1.29, 1.82) is 0 Å². The van der Waals surface area contributed by atoms with Crippen LogP contribution in [0.15, 0.2) is 35.3 Å². The van der Waals surface area contributed by atoms with Crippen molar-refractivity contribution in [3.05, 3.63) is 45.8 Å². The van der Waals surface area contributed by atoms with Crippen LogP contribution >= 0.6 is 11.3 Å². The molecule has 2 N–H and O–H groups in total. The van der Waals surface area contributed by atoms with Gasteiger partial charge in [0.05, 0.1) is 25.9 Å². The average Bonchev–Trinajstić information content (AvgIpc) is 2.93. The van der Waals surface area contributed by atoms with Crippen molar-refractivity contribution < 1.29 is 4.74 Å². The molecule has 0 saturated heterocycles. The SMILES string of the molecule is CN=C(NCc1cccc(OC)n1)NCc1ccc(C)s1. The molecule has 0 spiro atoms. The number of aryl methyl sites for hydroxylation is 1. The van der Waals surface area contributed by atoms with E-state index >= 15 is 0 Å². The van der Waals surface area contributed by atoms with Crippen molar-refractivity contribution in [3.8, 4) is 5.88 Å². The van der Waals surface area contributed by atoms with E-state index in [0.29, 0.717) is 12.4 Å². The fourth-order valence-electron chi connectivity index (χ4n) is 1.82. The summed E-state index contributed by atoms with van der Waals surface area (Å²) in [7, 11) is 3.37. The maximum absolute atomic E-state index is 5.11. The van der Waals surface area contributed by atoms with Crippen LogP contribution in [0.25, 0.3) is 0 Å². The summed E-state index contributed by atoms with van der Waals surface area (Å²) in [4.78, 5) is 11.2. The van der Waals surface area contributed by atoms with Gasteiger partial charge in [-0.05, 0) is 25.1 Å². The van der Waals surface area contributed by atoms with E-state index in [1.807, 2.05) is 18.2 Å². The van der Waals surface area contributed by atoms with E-state index in [4.69, 9.17) is 4.74 Å². The highest BCUT2D eigenvalue weighted by Crippen LogP contribution is 2.14. The predicted molar refractivity (Wildman–Crippen MR) is 86.9 cm³/mol. The maximum atomic E-state index is 5.11. The molecule has 21 heavy (non-hydrogen) atoms. The number of aromatic nitrogens is 1. The second-order valence-corrected chi connectivity index (χ2v) is 5.84. The summed E-state index contributed by atoms with van der Waals surface area (Å²) in [6.07, 6.45) is 0. The largest absolute Gasteiger partial charge is 0.481 e. The van der Waals surface area contributed by atoms with Gasteiger partial charge in [-0.15, -0.1) is 11.3 Å². The fourth-order valence-corrected chi connectivity index (χ4v) is 2.65. The molecule has 0 fully saturated rings. The number of rotatable bonds is 5. The van der Waals surface area contributed by atoms with Gasteiger partial charge >= 0.3 is 0 Å². The lowest BCUT2D eigenvalue weighted by Crippen LogP contribution is -2.36. The molecule has 0 atom stereocenters. The van der Waals surface area contributed by atoms with Crippen molar-refractivity contribution >= 4 is 17.3 Å². The summed E-state index contributed by atoms with van der Waals surface area (Å²) in [5.41, 5.74) is 0.907. The van der Waals surface area contributed by atoms with Crippen molar-refractivity contribution in [2.24, 2.45) is 4.99 Å². The summed E-state index contributed by atoms with van der Waals surface area (Å²) >= 11 is 1.79. The van der Waals surface area contributed by atoms with Crippen LogP contribution in [0.5, 0.6) is 5.88 Å². The van der Waals surface area contributed by atoms with Gasteiger partial charge in [0, 0.05) is 22.9 Å². The van der Waals surface area contributed by atoms with Gasteiger partial charge in [0.1, 0.15) is 0 Å². The molecule has 0 amide bonds. The lowest BCUT2D eigenvalue weighted by atomic mass is 10.3. The molecule has 0 aliphatic carbocycles. The van der Waals surface area contributed by atoms with Gasteiger partial charge in [-0.1, -0.05) is 6.07 Å². The van der Waals surface area contributed by atoms with E-state index in [1.54, 1.807) is 25.5 Å². The first-order valence-corrected chi connectivity index (χ1v) is 7.52. The Labute approximate surface area is 129 Å². The average molecular weight is 304 g/mol. The Hall–Kier alpha value is -2.08. The maximum Gasteiger partial charge on any atom is 0.213 e. The molecule has 2 aromatic heterocycles. The monoisotopic (exact) mass is 304 g/mol. The van der Waals surface area contributed by atoms with E-state index in [-0.39, 0.29) is 0 Å². The Morgan fingerprint density at radius 1 is 1.24 bits per heavy atom. The van der Waals surface area contributed by atoms with Gasteiger partial charge in [-0.25, -0.2) is 4.98 Å². The molecule has 5 nitrogen and oxygen atoms in total. The first-order chi connectivity index (χ1) is 10.2. The minimum absolute atomic E-state index is 0.598. The van der Waals surface area contributed by atoms with Gasteiger partial charge in [-0.3, -0.25) is 4.99 Å². The summed E-state index contributed by atoms with van der Waals surface area (Å²) in [6.45, 7) is 3.47. The van der Waals surface area contributed by atoms with Crippen LogP contribution in [0.1, 0.15) is 15.4 Å². The molecule has 2 aromatic rings. The van der Waals surface area contributed by atoms with Crippen LogP contribution in [-0.2, 0) is 13.1 Å². The molecule has 0 aliphatic rings. The highest BCUT2D eigenvalue weighted by Gasteiger charge is 2.02. The Morgan fingerprint density at radius 3 is 2.71 bits per heavy atom. The van der Waals surface area contributed by atoms with Crippen molar-refractivity contribution in [1.82, 2.24) is 15.6 Å². The number of nitrogens with zero attached hydrogens (tertiary/aromatic N) is 2. The summed E-state index contributed by atoms with van der Waals surface area (Å²) in [6, 6.07) is 9.95. The third-order valence-electron chi connectivity index (χ3n) is 2.88. The van der Waals surface area contributed by atoms with Crippen LogP contribution in [-0.4, -0.2) is 25.1 Å². The van der Waals surface area contributed by atoms with E-state index in [0.717, 1.165) is 18.2 Å². The zero-order chi connectivity index (χ0) is 15.1. The number of guanidine groups is 1. The zero-order valence-corrected chi connectivity index (χ0v) is 13.3. The van der Waals surface area contributed by atoms with Gasteiger partial charge < -0.3 is 15.4 Å². The van der Waals surface area contributed by atoms with Gasteiger partial charge in [0.15, 0.2) is 5.96 Å². The molecule has 0 aliphatic heterocycles. The number of aliphatic imine (C=N–C) groups is 1. The molecule has 0 radical (unpaired) electrons. The van der Waals surface area contributed by atoms with E-state index in [9.17, 15) is 0 Å². The number of hydrogen-bond acceptors (Lipinski definition) is 4. The second-order valence-electron chi connectivity index (χ2n) is 4.46. The molecule has 0 unspecified atom stereocenters. The molecule has 2 heterocycles. The lowest BCUT2D eigenvalue weighted by Gasteiger charge is -2.11. The van der Waals surface area contributed by atoms with E-state index in [1.165, 1.54) is 9.75 Å².